The van der Waals surface area contributed by atoms with Gasteiger partial charge in [0.25, 0.3) is 0 Å². The highest BCUT2D eigenvalue weighted by Crippen LogP contribution is 2.19. The molecule has 0 unspecified atom stereocenters. The first-order valence-electron chi connectivity index (χ1n) is 6.37. The van der Waals surface area contributed by atoms with Crippen LogP contribution >= 0.6 is 11.6 Å². The third-order valence-electron chi connectivity index (χ3n) is 3.24. The molecule has 0 fully saturated rings. The van der Waals surface area contributed by atoms with E-state index >= 15 is 0 Å². The maximum atomic E-state index is 12.3. The van der Waals surface area contributed by atoms with Gasteiger partial charge < -0.3 is 5.11 Å². The van der Waals surface area contributed by atoms with Crippen LogP contribution < -0.4 is 4.72 Å². The van der Waals surface area contributed by atoms with Gasteiger partial charge in [0.05, 0.1) is 11.5 Å². The molecule has 0 aromatic heterocycles. The first kappa shape index (κ1) is 16.0. The van der Waals surface area contributed by atoms with E-state index in [9.17, 15) is 13.5 Å². The van der Waals surface area contributed by atoms with E-state index < -0.39 is 10.0 Å². The highest BCUT2D eigenvalue weighted by atomic mass is 35.5. The van der Waals surface area contributed by atoms with Crippen molar-refractivity contribution in [3.8, 4) is 0 Å². The molecular formula is C15H16ClNO3S. The Labute approximate surface area is 129 Å². The summed E-state index contributed by atoms with van der Waals surface area (Å²) in [6.45, 7) is 1.68. The van der Waals surface area contributed by atoms with Gasteiger partial charge in [-0.2, -0.15) is 0 Å². The van der Waals surface area contributed by atoms with Crippen molar-refractivity contribution in [2.24, 2.45) is 0 Å². The summed E-state index contributed by atoms with van der Waals surface area (Å²) in [5.41, 5.74) is 1.98. The number of sulfonamides is 1. The van der Waals surface area contributed by atoms with Gasteiger partial charge in [0.1, 0.15) is 0 Å². The zero-order valence-electron chi connectivity index (χ0n) is 11.5. The first-order chi connectivity index (χ1) is 9.94. The van der Waals surface area contributed by atoms with E-state index in [1.807, 2.05) is 0 Å². The second-order valence-electron chi connectivity index (χ2n) is 4.65. The van der Waals surface area contributed by atoms with E-state index in [4.69, 9.17) is 11.6 Å². The summed E-state index contributed by atoms with van der Waals surface area (Å²) in [4.78, 5) is 0.183. The Balaban J connectivity index is 2.21. The molecule has 0 spiro atoms. The number of rotatable bonds is 5. The average Bonchev–Trinajstić information content (AvgIpc) is 2.47. The second kappa shape index (κ2) is 6.58. The zero-order valence-corrected chi connectivity index (χ0v) is 13.1. The molecule has 6 heteroatoms. The third kappa shape index (κ3) is 3.83. The lowest BCUT2D eigenvalue weighted by atomic mass is 10.1. The summed E-state index contributed by atoms with van der Waals surface area (Å²) in [7, 11) is -3.63. The van der Waals surface area contributed by atoms with Crippen molar-refractivity contribution in [3.05, 3.63) is 64.2 Å². The number of benzene rings is 2. The fourth-order valence-electron chi connectivity index (χ4n) is 1.98. The minimum absolute atomic E-state index is 0.183. The molecule has 112 valence electrons. The Morgan fingerprint density at radius 1 is 1.14 bits per heavy atom. The molecule has 0 aliphatic carbocycles. The Morgan fingerprint density at radius 3 is 2.43 bits per heavy atom. The van der Waals surface area contributed by atoms with Crippen molar-refractivity contribution in [1.82, 2.24) is 4.72 Å². The van der Waals surface area contributed by atoms with Crippen LogP contribution in [0, 0.1) is 6.92 Å². The van der Waals surface area contributed by atoms with Crippen LogP contribution in [0.4, 0.5) is 0 Å². The summed E-state index contributed by atoms with van der Waals surface area (Å²) in [6.07, 6.45) is 0. The highest BCUT2D eigenvalue weighted by Gasteiger charge is 2.17. The normalized spacial score (nSPS) is 11.6. The van der Waals surface area contributed by atoms with E-state index in [0.29, 0.717) is 16.1 Å². The number of nitrogens with one attached hydrogen (secondary N) is 1. The van der Waals surface area contributed by atoms with Crippen LogP contribution in [0.15, 0.2) is 47.4 Å². The Bertz CT molecular complexity index is 727. The summed E-state index contributed by atoms with van der Waals surface area (Å²) < 4.78 is 27.2. The predicted octanol–water partition coefficient (Wildman–Crippen LogP) is 2.62. The predicted molar refractivity (Wildman–Crippen MR) is 82.6 cm³/mol. The SMILES string of the molecule is Cc1c(CO)cccc1S(=O)(=O)NCc1ccc(Cl)cc1. The average molecular weight is 326 g/mol. The molecule has 2 N–H and O–H groups in total. The van der Waals surface area contributed by atoms with Crippen LogP contribution in [0.25, 0.3) is 0 Å². The molecular weight excluding hydrogens is 310 g/mol. The maximum Gasteiger partial charge on any atom is 0.241 e. The second-order valence-corrected chi connectivity index (χ2v) is 6.82. The number of aliphatic hydroxyl groups is 1. The molecule has 2 aromatic carbocycles. The van der Waals surface area contributed by atoms with Crippen LogP contribution in [0.5, 0.6) is 0 Å². The van der Waals surface area contributed by atoms with Crippen molar-refractivity contribution in [3.63, 3.8) is 0 Å². The van der Waals surface area contributed by atoms with Gasteiger partial charge in [0.2, 0.25) is 10.0 Å². The number of halogens is 1. The minimum atomic E-state index is -3.63. The quantitative estimate of drug-likeness (QED) is 0.888. The molecule has 0 saturated carbocycles. The Kier molecular flexibility index (Phi) is 5.00. The summed E-state index contributed by atoms with van der Waals surface area (Å²) >= 11 is 5.79. The lowest BCUT2D eigenvalue weighted by molar-refractivity contribution is 0.280. The van der Waals surface area contributed by atoms with Crippen LogP contribution in [0.2, 0.25) is 5.02 Å². The third-order valence-corrected chi connectivity index (χ3v) is 5.03. The van der Waals surface area contributed by atoms with Crippen molar-refractivity contribution < 1.29 is 13.5 Å². The summed E-state index contributed by atoms with van der Waals surface area (Å²) in [6, 6.07) is 11.8. The number of hydrogen-bond acceptors (Lipinski definition) is 3. The van der Waals surface area contributed by atoms with E-state index in [0.717, 1.165) is 5.56 Å². The van der Waals surface area contributed by atoms with Crippen LogP contribution in [-0.4, -0.2) is 13.5 Å². The van der Waals surface area contributed by atoms with Gasteiger partial charge in [-0.25, -0.2) is 13.1 Å². The van der Waals surface area contributed by atoms with E-state index in [2.05, 4.69) is 4.72 Å². The Morgan fingerprint density at radius 2 is 1.81 bits per heavy atom. The van der Waals surface area contributed by atoms with Gasteiger partial charge >= 0.3 is 0 Å². The van der Waals surface area contributed by atoms with Crippen molar-refractivity contribution in [1.29, 1.82) is 0 Å². The topological polar surface area (TPSA) is 66.4 Å². The fraction of sp³-hybridized carbons (Fsp3) is 0.200. The lowest BCUT2D eigenvalue weighted by Crippen LogP contribution is -2.24. The standard InChI is InChI=1S/C15H16ClNO3S/c1-11-13(10-18)3-2-4-15(11)21(19,20)17-9-12-5-7-14(16)8-6-12/h2-8,17-18H,9-10H2,1H3. The Hall–Kier alpha value is -1.40. The molecule has 0 heterocycles. The van der Waals surface area contributed by atoms with Gasteiger partial charge in [-0.1, -0.05) is 35.9 Å². The molecule has 2 rings (SSSR count). The number of aliphatic hydroxyl groups excluding tert-OH is 1. The molecule has 0 saturated heterocycles. The molecule has 0 amide bonds. The highest BCUT2D eigenvalue weighted by molar-refractivity contribution is 7.89. The molecule has 4 nitrogen and oxygen atoms in total. The van der Waals surface area contributed by atoms with Crippen molar-refractivity contribution in [2.45, 2.75) is 25.0 Å². The molecule has 0 radical (unpaired) electrons. The lowest BCUT2D eigenvalue weighted by Gasteiger charge is -2.11. The molecule has 0 atom stereocenters. The van der Waals surface area contributed by atoms with Crippen molar-refractivity contribution >= 4 is 21.6 Å². The van der Waals surface area contributed by atoms with Gasteiger partial charge in [0.15, 0.2) is 0 Å². The largest absolute Gasteiger partial charge is 0.392 e. The minimum Gasteiger partial charge on any atom is -0.392 e. The number of hydrogen-bond donors (Lipinski definition) is 2. The van der Waals surface area contributed by atoms with Crippen molar-refractivity contribution in [2.75, 3.05) is 0 Å². The maximum absolute atomic E-state index is 12.3. The van der Waals surface area contributed by atoms with Crippen LogP contribution in [0.1, 0.15) is 16.7 Å². The fourth-order valence-corrected chi connectivity index (χ4v) is 3.41. The summed E-state index contributed by atoms with van der Waals surface area (Å²) in [5.74, 6) is 0. The first-order valence-corrected chi connectivity index (χ1v) is 8.23. The molecule has 2 aromatic rings. The van der Waals surface area contributed by atoms with Crippen LogP contribution in [-0.2, 0) is 23.2 Å². The van der Waals surface area contributed by atoms with Gasteiger partial charge in [-0.3, -0.25) is 0 Å². The molecule has 0 aliphatic rings. The van der Waals surface area contributed by atoms with Gasteiger partial charge in [-0.05, 0) is 41.8 Å². The molecule has 0 bridgehead atoms. The van der Waals surface area contributed by atoms with Gasteiger partial charge in [0, 0.05) is 11.6 Å². The van der Waals surface area contributed by atoms with E-state index in [1.165, 1.54) is 6.07 Å². The molecule has 21 heavy (non-hydrogen) atoms. The monoisotopic (exact) mass is 325 g/mol. The van der Waals surface area contributed by atoms with E-state index in [1.54, 1.807) is 43.3 Å². The van der Waals surface area contributed by atoms with Crippen LogP contribution in [0.3, 0.4) is 0 Å². The zero-order chi connectivity index (χ0) is 15.5. The smallest absolute Gasteiger partial charge is 0.241 e. The molecule has 0 aliphatic heterocycles. The summed E-state index contributed by atoms with van der Waals surface area (Å²) in [5, 5.41) is 9.82. The van der Waals surface area contributed by atoms with Gasteiger partial charge in [-0.15, -0.1) is 0 Å². The van der Waals surface area contributed by atoms with E-state index in [-0.39, 0.29) is 18.0 Å².